The molecule has 0 heterocycles. The molecule has 10 heteroatoms. The largest absolute Gasteiger partial charge is 0.755 e. The van der Waals surface area contributed by atoms with Crippen molar-refractivity contribution >= 4 is 38.4 Å². The molecule has 2 N–H and O–H groups in total. The van der Waals surface area contributed by atoms with Gasteiger partial charge < -0.3 is 14.8 Å². The molecule has 0 radical (unpaired) electrons. The number of benzene rings is 3. The number of hydrogen-bond donors (Lipinski definition) is 2. The van der Waals surface area contributed by atoms with Gasteiger partial charge in [-0.2, -0.15) is 0 Å². The zero-order valence-corrected chi connectivity index (χ0v) is 17.2. The van der Waals surface area contributed by atoms with Crippen LogP contribution in [0.3, 0.4) is 0 Å². The molecule has 3 rings (SSSR count). The number of anilines is 2. The zero-order chi connectivity index (χ0) is 22.1. The normalized spacial score (nSPS) is 12.3. The number of carbonyl (C=O) groups is 1. The summed E-state index contributed by atoms with van der Waals surface area (Å²) >= 11 is -2.77. The molecule has 30 heavy (non-hydrogen) atoms. The summed E-state index contributed by atoms with van der Waals surface area (Å²) in [4.78, 5) is 11.2. The molecule has 0 amide bonds. The fraction of sp³-hybridized carbons (Fsp3) is 0.0500. The van der Waals surface area contributed by atoms with Crippen molar-refractivity contribution < 1.29 is 32.2 Å². The van der Waals surface area contributed by atoms with Gasteiger partial charge in [0.25, 0.3) is 0 Å². The van der Waals surface area contributed by atoms with E-state index in [-0.39, 0.29) is 21.8 Å². The van der Waals surface area contributed by atoms with E-state index in [4.69, 9.17) is 5.11 Å². The van der Waals surface area contributed by atoms with Gasteiger partial charge in [-0.15, -0.1) is 0 Å². The molecule has 1 atom stereocenters. The Hall–Kier alpha value is -3.21. The number of hydrogen-bond acceptors (Lipinski definition) is 6. The van der Waals surface area contributed by atoms with E-state index in [1.807, 2.05) is 0 Å². The monoisotopic (exact) mass is 446 g/mol. The predicted octanol–water partition coefficient (Wildman–Crippen LogP) is 3.09. The molecular formula is C20H16NO7S2-. The summed E-state index contributed by atoms with van der Waals surface area (Å²) in [7, 11) is -3.34. The highest BCUT2D eigenvalue weighted by Crippen LogP contribution is 2.33. The van der Waals surface area contributed by atoms with Crippen LogP contribution in [0.1, 0.15) is 10.4 Å². The number of nitrogens with zero attached hydrogens (tertiary/aromatic N) is 1. The van der Waals surface area contributed by atoms with E-state index in [1.165, 1.54) is 24.3 Å². The quantitative estimate of drug-likeness (QED) is 0.556. The molecule has 3 aromatic rings. The van der Waals surface area contributed by atoms with Gasteiger partial charge in [0.15, 0.2) is 9.84 Å². The highest BCUT2D eigenvalue weighted by Gasteiger charge is 2.16. The lowest BCUT2D eigenvalue weighted by atomic mass is 10.1. The second-order valence-corrected chi connectivity index (χ2v) is 9.18. The maximum Gasteiger partial charge on any atom is 0.339 e. The highest BCUT2D eigenvalue weighted by molar-refractivity contribution is 7.90. The van der Waals surface area contributed by atoms with Crippen LogP contribution in [0, 0.1) is 0 Å². The van der Waals surface area contributed by atoms with Crippen LogP contribution in [-0.2, 0) is 21.1 Å². The lowest BCUT2D eigenvalue weighted by molar-refractivity contribution is 0.0693. The molecule has 3 aromatic carbocycles. The lowest BCUT2D eigenvalue weighted by Crippen LogP contribution is -2.19. The van der Waals surface area contributed by atoms with Gasteiger partial charge in [-0.3, -0.25) is 8.51 Å². The number of aromatic carboxylic acids is 1. The molecule has 0 bridgehead atoms. The Labute approximate surface area is 175 Å². The average molecular weight is 446 g/mol. The van der Waals surface area contributed by atoms with Gasteiger partial charge in [-0.25, -0.2) is 13.2 Å². The first-order valence-corrected chi connectivity index (χ1v) is 11.4. The molecule has 0 saturated carbocycles. The third kappa shape index (κ3) is 4.51. The zero-order valence-electron chi connectivity index (χ0n) is 15.6. The molecule has 0 aliphatic carbocycles. The second kappa shape index (κ2) is 8.27. The van der Waals surface area contributed by atoms with Gasteiger partial charge in [0.05, 0.1) is 27.5 Å². The molecular weight excluding hydrogens is 430 g/mol. The third-order valence-corrected chi connectivity index (χ3v) is 6.14. The van der Waals surface area contributed by atoms with Crippen LogP contribution in [0.5, 0.6) is 5.75 Å². The summed E-state index contributed by atoms with van der Waals surface area (Å²) in [5, 5.41) is 18.9. The number of rotatable bonds is 6. The minimum absolute atomic E-state index is 0.0513. The van der Waals surface area contributed by atoms with E-state index < -0.39 is 32.8 Å². The summed E-state index contributed by atoms with van der Waals surface area (Å²) in [5.41, 5.74) is 1.25. The summed E-state index contributed by atoms with van der Waals surface area (Å²) in [5.74, 6) is -1.91. The molecule has 0 aliphatic heterocycles. The molecule has 0 aliphatic rings. The number of carboxylic acids is 1. The lowest BCUT2D eigenvalue weighted by Gasteiger charge is -2.27. The first-order chi connectivity index (χ1) is 14.1. The van der Waals surface area contributed by atoms with Crippen LogP contribution in [0.2, 0.25) is 0 Å². The van der Waals surface area contributed by atoms with Crippen molar-refractivity contribution in [2.24, 2.45) is 0 Å². The van der Waals surface area contributed by atoms with E-state index in [0.717, 1.165) is 22.7 Å². The summed E-state index contributed by atoms with van der Waals surface area (Å²) in [6.45, 7) is 0. The topological polar surface area (TPSA) is 135 Å². The minimum Gasteiger partial charge on any atom is -0.755 e. The number of sulfone groups is 1. The summed E-state index contributed by atoms with van der Waals surface area (Å²) < 4.78 is 47.9. The molecule has 1 unspecified atom stereocenters. The maximum atomic E-state index is 11.9. The Morgan fingerprint density at radius 2 is 1.60 bits per heavy atom. The Balaban J connectivity index is 2.03. The fourth-order valence-corrected chi connectivity index (χ4v) is 4.06. The van der Waals surface area contributed by atoms with Gasteiger partial charge >= 0.3 is 5.97 Å². The number of aromatic hydroxyl groups is 1. The van der Waals surface area contributed by atoms with Gasteiger partial charge in [-0.1, -0.05) is 24.3 Å². The van der Waals surface area contributed by atoms with Crippen molar-refractivity contribution in [2.75, 3.05) is 10.6 Å². The van der Waals surface area contributed by atoms with Crippen LogP contribution in [0.15, 0.2) is 71.6 Å². The van der Waals surface area contributed by atoms with Gasteiger partial charge in [0, 0.05) is 12.3 Å². The molecule has 0 spiro atoms. The summed E-state index contributed by atoms with van der Waals surface area (Å²) in [6, 6.07) is 16.0. The first-order valence-electron chi connectivity index (χ1n) is 8.44. The van der Waals surface area contributed by atoms with Crippen molar-refractivity contribution in [1.29, 1.82) is 0 Å². The summed E-state index contributed by atoms with van der Waals surface area (Å²) in [6.07, 6.45) is 1.11. The average Bonchev–Trinajstić information content (AvgIpc) is 2.67. The molecule has 0 fully saturated rings. The van der Waals surface area contributed by atoms with Crippen LogP contribution in [0.25, 0.3) is 11.1 Å². The smallest absolute Gasteiger partial charge is 0.339 e. The molecule has 8 nitrogen and oxygen atoms in total. The Morgan fingerprint density at radius 3 is 2.13 bits per heavy atom. The van der Waals surface area contributed by atoms with Crippen LogP contribution in [0.4, 0.5) is 11.4 Å². The van der Waals surface area contributed by atoms with E-state index in [2.05, 4.69) is 0 Å². The number of phenols is 1. The van der Waals surface area contributed by atoms with Crippen LogP contribution < -0.4 is 4.31 Å². The third-order valence-electron chi connectivity index (χ3n) is 4.29. The SMILES string of the molecule is CS(=O)(=O)c1ccc(-c2cccc(N(c3ccc(C(=O)O)c(O)c3)S(=O)[O-])c2)cc1. The predicted molar refractivity (Wildman–Crippen MR) is 111 cm³/mol. The Bertz CT molecular complexity index is 1240. The van der Waals surface area contributed by atoms with Gasteiger partial charge in [-0.05, 0) is 47.5 Å². The Kier molecular flexibility index (Phi) is 5.92. The van der Waals surface area contributed by atoms with Crippen LogP contribution in [-0.4, -0.2) is 39.6 Å². The second-order valence-electron chi connectivity index (χ2n) is 6.36. The molecule has 156 valence electrons. The van der Waals surface area contributed by atoms with Crippen molar-refractivity contribution in [1.82, 2.24) is 0 Å². The first kappa shape index (κ1) is 21.5. The maximum absolute atomic E-state index is 11.9. The standard InChI is InChI=1S/C20H17NO7S2/c1-30(27,28)17-8-5-13(6-9-17)14-3-2-4-15(11-14)21(29(25)26)16-7-10-18(20(23)24)19(22)12-16/h2-12,22H,1H3,(H,23,24)(H,25,26)/p-1. The van der Waals surface area contributed by atoms with E-state index in [9.17, 15) is 27.1 Å². The van der Waals surface area contributed by atoms with Crippen molar-refractivity contribution in [3.8, 4) is 16.9 Å². The molecule has 0 aromatic heterocycles. The van der Waals surface area contributed by atoms with Crippen molar-refractivity contribution in [3.05, 3.63) is 72.3 Å². The van der Waals surface area contributed by atoms with E-state index in [1.54, 1.807) is 30.3 Å². The van der Waals surface area contributed by atoms with Gasteiger partial charge in [0.2, 0.25) is 0 Å². The van der Waals surface area contributed by atoms with Crippen molar-refractivity contribution in [2.45, 2.75) is 4.90 Å². The van der Waals surface area contributed by atoms with Crippen LogP contribution >= 0.6 is 0 Å². The Morgan fingerprint density at radius 1 is 0.967 bits per heavy atom. The number of carboxylic acid groups (broad SMARTS) is 1. The fourth-order valence-electron chi connectivity index (χ4n) is 2.85. The molecule has 0 saturated heterocycles. The van der Waals surface area contributed by atoms with Crippen molar-refractivity contribution in [3.63, 3.8) is 0 Å². The minimum atomic E-state index is -3.34. The van der Waals surface area contributed by atoms with Gasteiger partial charge in [0.1, 0.15) is 11.3 Å². The highest BCUT2D eigenvalue weighted by atomic mass is 32.2. The van der Waals surface area contributed by atoms with E-state index >= 15 is 0 Å². The van der Waals surface area contributed by atoms with E-state index in [0.29, 0.717) is 11.1 Å².